The number of anilines is 1. The molecule has 2 N–H and O–H groups in total. The summed E-state index contributed by atoms with van der Waals surface area (Å²) in [6.45, 7) is 4.42. The van der Waals surface area contributed by atoms with Crippen molar-refractivity contribution in [3.8, 4) is 0 Å². The maximum absolute atomic E-state index is 12.1. The fourth-order valence-electron chi connectivity index (χ4n) is 2.22. The van der Waals surface area contributed by atoms with E-state index in [9.17, 15) is 9.59 Å². The predicted molar refractivity (Wildman–Crippen MR) is 79.9 cm³/mol. The number of hydrogen-bond acceptors (Lipinski definition) is 5. The van der Waals surface area contributed by atoms with E-state index in [1.165, 1.54) is 4.68 Å². The highest BCUT2D eigenvalue weighted by Crippen LogP contribution is 2.24. The van der Waals surface area contributed by atoms with E-state index in [0.717, 1.165) is 6.54 Å². The summed E-state index contributed by atoms with van der Waals surface area (Å²) in [7, 11) is 1.59. The first-order chi connectivity index (χ1) is 9.56. The standard InChI is InChI=1S/C12H18BrN5O2/c1-3-15-11(19)9-6-14-4-5-18(9)8-7-16-17(2)12(20)10(8)13/h7,9,14H,3-6H2,1-2H3,(H,15,19). The predicted octanol–water partition coefficient (Wildman–Crippen LogP) is -0.543. The second-order valence-electron chi connectivity index (χ2n) is 4.58. The molecule has 0 aromatic carbocycles. The molecule has 0 aliphatic carbocycles. The van der Waals surface area contributed by atoms with Crippen LogP contribution in [0.3, 0.4) is 0 Å². The average Bonchev–Trinajstić information content (AvgIpc) is 2.45. The number of halogens is 1. The van der Waals surface area contributed by atoms with Crippen LogP contribution in [-0.2, 0) is 11.8 Å². The summed E-state index contributed by atoms with van der Waals surface area (Å²) in [5.74, 6) is -0.0488. The third-order valence-electron chi connectivity index (χ3n) is 3.27. The summed E-state index contributed by atoms with van der Waals surface area (Å²) in [4.78, 5) is 26.0. The first-order valence-corrected chi connectivity index (χ1v) is 7.32. The maximum atomic E-state index is 12.1. The van der Waals surface area contributed by atoms with Crippen LogP contribution in [0, 0.1) is 0 Å². The van der Waals surface area contributed by atoms with Gasteiger partial charge in [-0.3, -0.25) is 9.59 Å². The molecule has 2 rings (SSSR count). The largest absolute Gasteiger partial charge is 0.355 e. The van der Waals surface area contributed by atoms with E-state index in [1.54, 1.807) is 13.2 Å². The second kappa shape index (κ2) is 6.36. The Hall–Kier alpha value is -1.41. The molecule has 7 nitrogen and oxygen atoms in total. The van der Waals surface area contributed by atoms with Gasteiger partial charge in [-0.05, 0) is 22.9 Å². The molecule has 1 saturated heterocycles. The molecule has 0 radical (unpaired) electrons. The molecule has 1 fully saturated rings. The van der Waals surface area contributed by atoms with Gasteiger partial charge >= 0.3 is 0 Å². The van der Waals surface area contributed by atoms with Crippen molar-refractivity contribution in [3.05, 3.63) is 21.0 Å². The van der Waals surface area contributed by atoms with Gasteiger partial charge in [0.25, 0.3) is 5.56 Å². The minimum atomic E-state index is -0.339. The number of rotatable bonds is 3. The lowest BCUT2D eigenvalue weighted by molar-refractivity contribution is -0.122. The zero-order valence-electron chi connectivity index (χ0n) is 11.5. The molecule has 1 aromatic heterocycles. The number of nitrogens with zero attached hydrogens (tertiary/aromatic N) is 3. The van der Waals surface area contributed by atoms with Gasteiger partial charge in [0.15, 0.2) is 0 Å². The Morgan fingerprint density at radius 1 is 1.65 bits per heavy atom. The molecule has 1 atom stereocenters. The highest BCUT2D eigenvalue weighted by Gasteiger charge is 2.30. The molecule has 20 heavy (non-hydrogen) atoms. The van der Waals surface area contributed by atoms with E-state index in [-0.39, 0.29) is 17.5 Å². The van der Waals surface area contributed by atoms with Crippen molar-refractivity contribution in [3.63, 3.8) is 0 Å². The van der Waals surface area contributed by atoms with Crippen molar-refractivity contribution in [2.24, 2.45) is 7.05 Å². The lowest BCUT2D eigenvalue weighted by Gasteiger charge is -2.37. The van der Waals surface area contributed by atoms with Crippen LogP contribution in [0.1, 0.15) is 6.92 Å². The highest BCUT2D eigenvalue weighted by molar-refractivity contribution is 9.10. The van der Waals surface area contributed by atoms with Gasteiger partial charge in [-0.2, -0.15) is 5.10 Å². The molecule has 1 aliphatic heterocycles. The van der Waals surface area contributed by atoms with Crippen LogP contribution < -0.4 is 21.1 Å². The van der Waals surface area contributed by atoms with Gasteiger partial charge in [0.1, 0.15) is 10.5 Å². The Kier molecular flexibility index (Phi) is 4.77. The summed E-state index contributed by atoms with van der Waals surface area (Å²) in [6, 6.07) is -0.339. The minimum absolute atomic E-state index is 0.0488. The summed E-state index contributed by atoms with van der Waals surface area (Å²) < 4.78 is 1.70. The SMILES string of the molecule is CCNC(=O)C1CNCCN1c1cnn(C)c(=O)c1Br. The maximum Gasteiger partial charge on any atom is 0.282 e. The third-order valence-corrected chi connectivity index (χ3v) is 4.01. The number of aromatic nitrogens is 2. The number of nitrogens with one attached hydrogen (secondary N) is 2. The first-order valence-electron chi connectivity index (χ1n) is 6.53. The van der Waals surface area contributed by atoms with Crippen LogP contribution in [0.4, 0.5) is 5.69 Å². The number of amides is 1. The quantitative estimate of drug-likeness (QED) is 0.770. The summed E-state index contributed by atoms with van der Waals surface area (Å²) >= 11 is 3.32. The molecule has 1 unspecified atom stereocenters. The van der Waals surface area contributed by atoms with E-state index in [2.05, 4.69) is 31.7 Å². The highest BCUT2D eigenvalue weighted by atomic mass is 79.9. The molecule has 8 heteroatoms. The van der Waals surface area contributed by atoms with Gasteiger partial charge in [0, 0.05) is 33.2 Å². The molecule has 0 saturated carbocycles. The topological polar surface area (TPSA) is 79.3 Å². The lowest BCUT2D eigenvalue weighted by atomic mass is 10.1. The monoisotopic (exact) mass is 343 g/mol. The van der Waals surface area contributed by atoms with E-state index < -0.39 is 0 Å². The number of hydrogen-bond donors (Lipinski definition) is 2. The summed E-state index contributed by atoms with van der Waals surface area (Å²) in [5.41, 5.74) is 0.446. The van der Waals surface area contributed by atoms with Crippen molar-refractivity contribution in [2.45, 2.75) is 13.0 Å². The molecule has 0 bridgehead atoms. The Balaban J connectivity index is 2.35. The second-order valence-corrected chi connectivity index (χ2v) is 5.37. The normalized spacial score (nSPS) is 18.9. The fourth-order valence-corrected chi connectivity index (χ4v) is 2.81. The molecule has 110 valence electrons. The Morgan fingerprint density at radius 3 is 3.10 bits per heavy atom. The van der Waals surface area contributed by atoms with Crippen LogP contribution in [0.15, 0.2) is 15.5 Å². The van der Waals surface area contributed by atoms with Crippen molar-refractivity contribution in [1.82, 2.24) is 20.4 Å². The van der Waals surface area contributed by atoms with E-state index >= 15 is 0 Å². The number of aryl methyl sites for hydroxylation is 1. The van der Waals surface area contributed by atoms with Gasteiger partial charge in [-0.25, -0.2) is 4.68 Å². The Bertz CT molecular complexity index is 559. The van der Waals surface area contributed by atoms with Gasteiger partial charge in [-0.15, -0.1) is 0 Å². The van der Waals surface area contributed by atoms with Gasteiger partial charge in [0.05, 0.1) is 11.9 Å². The van der Waals surface area contributed by atoms with Gasteiger partial charge < -0.3 is 15.5 Å². The molecule has 1 aromatic rings. The third kappa shape index (κ3) is 2.85. The molecule has 1 aliphatic rings. The number of piperazine rings is 1. The molecular formula is C12H18BrN5O2. The fraction of sp³-hybridized carbons (Fsp3) is 0.583. The smallest absolute Gasteiger partial charge is 0.282 e. The average molecular weight is 344 g/mol. The van der Waals surface area contributed by atoms with E-state index in [1.807, 2.05) is 11.8 Å². The van der Waals surface area contributed by atoms with Crippen molar-refractivity contribution >= 4 is 27.5 Å². The van der Waals surface area contributed by atoms with E-state index in [4.69, 9.17) is 0 Å². The first kappa shape index (κ1) is 15.0. The van der Waals surface area contributed by atoms with Crippen LogP contribution in [0.5, 0.6) is 0 Å². The van der Waals surface area contributed by atoms with Crippen LogP contribution in [0.2, 0.25) is 0 Å². The lowest BCUT2D eigenvalue weighted by Crippen LogP contribution is -2.58. The van der Waals surface area contributed by atoms with Crippen molar-refractivity contribution < 1.29 is 4.79 Å². The summed E-state index contributed by atoms with van der Waals surface area (Å²) in [5, 5.41) is 10.1. The molecule has 2 heterocycles. The zero-order valence-corrected chi connectivity index (χ0v) is 13.1. The van der Waals surface area contributed by atoms with Gasteiger partial charge in [-0.1, -0.05) is 0 Å². The van der Waals surface area contributed by atoms with Crippen molar-refractivity contribution in [2.75, 3.05) is 31.1 Å². The Morgan fingerprint density at radius 2 is 2.40 bits per heavy atom. The zero-order chi connectivity index (χ0) is 14.7. The molecule has 1 amide bonds. The minimum Gasteiger partial charge on any atom is -0.355 e. The number of likely N-dealkylation sites (N-methyl/N-ethyl adjacent to an activating group) is 1. The number of carbonyl (C=O) groups is 1. The summed E-state index contributed by atoms with van der Waals surface area (Å²) in [6.07, 6.45) is 1.61. The molecular weight excluding hydrogens is 326 g/mol. The van der Waals surface area contributed by atoms with Crippen LogP contribution in [0.25, 0.3) is 0 Å². The number of carbonyl (C=O) groups excluding carboxylic acids is 1. The van der Waals surface area contributed by atoms with Crippen LogP contribution >= 0.6 is 15.9 Å². The van der Waals surface area contributed by atoms with E-state index in [0.29, 0.717) is 29.8 Å². The van der Waals surface area contributed by atoms with Crippen LogP contribution in [-0.4, -0.2) is 47.9 Å². The van der Waals surface area contributed by atoms with Crippen molar-refractivity contribution in [1.29, 1.82) is 0 Å². The Labute approximate surface area is 125 Å². The molecule has 0 spiro atoms. The van der Waals surface area contributed by atoms with Gasteiger partial charge in [0.2, 0.25) is 5.91 Å².